The molecule has 0 bridgehead atoms. The maximum absolute atomic E-state index is 12.4. The molecule has 1 aromatic carbocycles. The lowest BCUT2D eigenvalue weighted by Crippen LogP contribution is -2.45. The average Bonchev–Trinajstić information content (AvgIpc) is 2.96. The van der Waals surface area contributed by atoms with E-state index in [1.54, 1.807) is 0 Å². The van der Waals surface area contributed by atoms with Crippen molar-refractivity contribution in [1.29, 1.82) is 0 Å². The number of fused-ring (bicyclic) bond motifs is 1. The van der Waals surface area contributed by atoms with E-state index in [2.05, 4.69) is 29.4 Å². The normalized spacial score (nSPS) is 13.7. The average molecular weight is 331 g/mol. The highest BCUT2D eigenvalue weighted by molar-refractivity contribution is 5.87. The number of rotatable bonds is 7. The van der Waals surface area contributed by atoms with Gasteiger partial charge in [-0.3, -0.25) is 9.89 Å². The van der Waals surface area contributed by atoms with Crippen LogP contribution in [0.1, 0.15) is 32.9 Å². The van der Waals surface area contributed by atoms with E-state index >= 15 is 0 Å². The maximum Gasteiger partial charge on any atom is 0.328 e. The molecule has 0 aliphatic carbocycles. The number of ether oxygens (including phenoxy) is 1. The fraction of sp³-hybridized carbons (Fsp3) is 0.500. The summed E-state index contributed by atoms with van der Waals surface area (Å²) < 4.78 is 4.84. The Balaban J connectivity index is 2.14. The van der Waals surface area contributed by atoms with Gasteiger partial charge < -0.3 is 10.1 Å². The number of carbonyl (C=O) groups is 2. The third-order valence-electron chi connectivity index (χ3n) is 4.02. The number of carbonyl (C=O) groups excluding carboxylic acids is 2. The zero-order valence-electron chi connectivity index (χ0n) is 14.6. The van der Waals surface area contributed by atoms with Crippen LogP contribution in [0.15, 0.2) is 24.3 Å². The van der Waals surface area contributed by atoms with Crippen molar-refractivity contribution >= 4 is 22.8 Å². The van der Waals surface area contributed by atoms with Crippen molar-refractivity contribution in [2.45, 2.75) is 39.7 Å². The van der Waals surface area contributed by atoms with Crippen LogP contribution in [-0.4, -0.2) is 35.2 Å². The second kappa shape index (κ2) is 7.95. The van der Waals surface area contributed by atoms with E-state index in [1.165, 1.54) is 7.11 Å². The van der Waals surface area contributed by atoms with Crippen LogP contribution in [0, 0.1) is 11.8 Å². The molecule has 2 atom stereocenters. The van der Waals surface area contributed by atoms with Gasteiger partial charge in [-0.1, -0.05) is 39.0 Å². The van der Waals surface area contributed by atoms with Gasteiger partial charge in [0.15, 0.2) is 0 Å². The van der Waals surface area contributed by atoms with E-state index in [1.807, 2.05) is 31.2 Å². The van der Waals surface area contributed by atoms with Crippen molar-refractivity contribution in [3.63, 3.8) is 0 Å². The molecule has 1 amide bonds. The summed E-state index contributed by atoms with van der Waals surface area (Å²) in [5.74, 6) is -0.350. The van der Waals surface area contributed by atoms with Gasteiger partial charge in [0.2, 0.25) is 5.91 Å². The first-order valence-corrected chi connectivity index (χ1v) is 8.22. The molecule has 0 saturated carbocycles. The summed E-state index contributed by atoms with van der Waals surface area (Å²) in [5.41, 5.74) is 1.63. The van der Waals surface area contributed by atoms with Gasteiger partial charge in [0.25, 0.3) is 0 Å². The van der Waals surface area contributed by atoms with Crippen LogP contribution >= 0.6 is 0 Å². The van der Waals surface area contributed by atoms with Crippen molar-refractivity contribution in [2.75, 3.05) is 7.11 Å². The number of H-pyrrole nitrogens is 1. The van der Waals surface area contributed by atoms with Gasteiger partial charge in [0, 0.05) is 17.7 Å². The number of esters is 1. The van der Waals surface area contributed by atoms with E-state index in [9.17, 15) is 9.59 Å². The minimum absolute atomic E-state index is 0.140. The quantitative estimate of drug-likeness (QED) is 0.763. The molecule has 0 aliphatic rings. The predicted octanol–water partition coefficient (Wildman–Crippen LogP) is 2.45. The number of aromatic nitrogens is 2. The Labute approximate surface area is 142 Å². The van der Waals surface area contributed by atoms with Crippen molar-refractivity contribution in [3.8, 4) is 0 Å². The van der Waals surface area contributed by atoms with Gasteiger partial charge in [-0.2, -0.15) is 5.10 Å². The largest absolute Gasteiger partial charge is 0.467 e. The minimum Gasteiger partial charge on any atom is -0.467 e. The van der Waals surface area contributed by atoms with Crippen LogP contribution in [-0.2, 0) is 20.7 Å². The Bertz CT molecular complexity index is 708. The van der Waals surface area contributed by atoms with Crippen molar-refractivity contribution in [1.82, 2.24) is 15.5 Å². The third kappa shape index (κ3) is 4.34. The number of para-hydroxylation sites is 1. The first-order chi connectivity index (χ1) is 11.4. The summed E-state index contributed by atoms with van der Waals surface area (Å²) in [5, 5.41) is 11.0. The molecule has 0 saturated heterocycles. The molecule has 2 aromatic rings. The van der Waals surface area contributed by atoms with Gasteiger partial charge >= 0.3 is 5.97 Å². The summed E-state index contributed by atoms with van der Waals surface area (Å²) in [7, 11) is 1.32. The molecule has 6 heteroatoms. The van der Waals surface area contributed by atoms with Crippen LogP contribution in [0.25, 0.3) is 10.9 Å². The maximum atomic E-state index is 12.4. The number of hydrogen-bond acceptors (Lipinski definition) is 4. The van der Waals surface area contributed by atoms with Crippen molar-refractivity contribution < 1.29 is 14.3 Å². The highest BCUT2D eigenvalue weighted by Crippen LogP contribution is 2.17. The molecule has 1 unspecified atom stereocenters. The van der Waals surface area contributed by atoms with Gasteiger partial charge in [0.1, 0.15) is 6.04 Å². The molecule has 2 N–H and O–H groups in total. The van der Waals surface area contributed by atoms with Crippen molar-refractivity contribution in [2.24, 2.45) is 11.8 Å². The molecule has 0 fully saturated rings. The molecule has 2 rings (SSSR count). The molecule has 0 aliphatic heterocycles. The van der Waals surface area contributed by atoms with E-state index in [0.717, 1.165) is 23.0 Å². The van der Waals surface area contributed by atoms with E-state index in [-0.39, 0.29) is 18.2 Å². The molecule has 1 aromatic heterocycles. The summed E-state index contributed by atoms with van der Waals surface area (Å²) in [6, 6.07) is 6.94. The lowest BCUT2D eigenvalue weighted by molar-refractivity contribution is -0.145. The van der Waals surface area contributed by atoms with Crippen LogP contribution in [0.5, 0.6) is 0 Å². The second-order valence-electron chi connectivity index (χ2n) is 6.53. The van der Waals surface area contributed by atoms with Crippen molar-refractivity contribution in [3.05, 3.63) is 30.0 Å². The summed E-state index contributed by atoms with van der Waals surface area (Å²) in [6.45, 7) is 6.00. The highest BCUT2D eigenvalue weighted by Gasteiger charge is 2.26. The number of nitrogens with zero attached hydrogens (tertiary/aromatic N) is 1. The smallest absolute Gasteiger partial charge is 0.328 e. The van der Waals surface area contributed by atoms with E-state index < -0.39 is 12.0 Å². The highest BCUT2D eigenvalue weighted by atomic mass is 16.5. The molecule has 6 nitrogen and oxygen atoms in total. The standard InChI is InChI=1S/C18H25N3O3/c1-11(2)9-12(3)17(22)19-16(18(23)24-4)10-15-13-7-5-6-8-14(13)20-21-15/h5-8,11-12,16H,9-10H2,1-4H3,(H,19,22)(H,20,21)/t12-,16?/m0/s1. The third-order valence-corrected chi connectivity index (χ3v) is 4.02. The molecule has 0 spiro atoms. The summed E-state index contributed by atoms with van der Waals surface area (Å²) >= 11 is 0. The number of aromatic amines is 1. The molecular weight excluding hydrogens is 306 g/mol. The van der Waals surface area contributed by atoms with E-state index in [4.69, 9.17) is 4.74 Å². The summed E-state index contributed by atoms with van der Waals surface area (Å²) in [4.78, 5) is 24.4. The monoisotopic (exact) mass is 331 g/mol. The molecule has 1 heterocycles. The van der Waals surface area contributed by atoms with Gasteiger partial charge in [-0.15, -0.1) is 0 Å². The first kappa shape index (κ1) is 18.0. The van der Waals surface area contributed by atoms with Crippen LogP contribution in [0.2, 0.25) is 0 Å². The first-order valence-electron chi connectivity index (χ1n) is 8.22. The number of hydrogen-bond donors (Lipinski definition) is 2. The van der Waals surface area contributed by atoms with Gasteiger partial charge in [0.05, 0.1) is 18.3 Å². The number of methoxy groups -OCH3 is 1. The zero-order valence-corrected chi connectivity index (χ0v) is 14.6. The Hall–Kier alpha value is -2.37. The molecule has 24 heavy (non-hydrogen) atoms. The van der Waals surface area contributed by atoms with Crippen LogP contribution < -0.4 is 5.32 Å². The fourth-order valence-electron chi connectivity index (χ4n) is 2.83. The molecule has 130 valence electrons. The van der Waals surface area contributed by atoms with Crippen LogP contribution in [0.3, 0.4) is 0 Å². The number of benzene rings is 1. The summed E-state index contributed by atoms with van der Waals surface area (Å²) in [6.07, 6.45) is 1.06. The van der Waals surface area contributed by atoms with Gasteiger partial charge in [-0.25, -0.2) is 4.79 Å². The Kier molecular flexibility index (Phi) is 5.95. The lowest BCUT2D eigenvalue weighted by atomic mass is 9.97. The Morgan fingerprint density at radius 1 is 1.25 bits per heavy atom. The second-order valence-corrected chi connectivity index (χ2v) is 6.53. The Morgan fingerprint density at radius 3 is 2.62 bits per heavy atom. The lowest BCUT2D eigenvalue weighted by Gasteiger charge is -2.19. The fourth-order valence-corrected chi connectivity index (χ4v) is 2.83. The SMILES string of the molecule is COC(=O)C(Cc1n[nH]c2ccccc12)NC(=O)[C@@H](C)CC(C)C. The van der Waals surface area contributed by atoms with Crippen LogP contribution in [0.4, 0.5) is 0 Å². The predicted molar refractivity (Wildman–Crippen MR) is 92.4 cm³/mol. The zero-order chi connectivity index (χ0) is 17.7. The Morgan fingerprint density at radius 2 is 1.96 bits per heavy atom. The molecule has 0 radical (unpaired) electrons. The topological polar surface area (TPSA) is 84.1 Å². The van der Waals surface area contributed by atoms with E-state index in [0.29, 0.717) is 5.92 Å². The number of amides is 1. The minimum atomic E-state index is -0.746. The van der Waals surface area contributed by atoms with Gasteiger partial charge in [-0.05, 0) is 18.4 Å². The number of nitrogens with one attached hydrogen (secondary N) is 2. The molecular formula is C18H25N3O3.